The van der Waals surface area contributed by atoms with Gasteiger partial charge in [-0.1, -0.05) is 0 Å². The predicted molar refractivity (Wildman–Crippen MR) is 81.7 cm³/mol. The van der Waals surface area contributed by atoms with Gasteiger partial charge in [0.05, 0.1) is 5.56 Å². The molecule has 130 valence electrons. The van der Waals surface area contributed by atoms with Crippen LogP contribution in [-0.4, -0.2) is 8.42 Å². The second-order valence-electron chi connectivity index (χ2n) is 5.01. The van der Waals surface area contributed by atoms with Gasteiger partial charge in [0.15, 0.2) is 0 Å². The van der Waals surface area contributed by atoms with Crippen LogP contribution in [0.2, 0.25) is 0 Å². The second kappa shape index (κ2) is 5.92. The Labute approximate surface area is 139 Å². The van der Waals surface area contributed by atoms with Gasteiger partial charge in [0.1, 0.15) is 16.2 Å². The molecular weight excluding hydrogens is 361 g/mol. The fourth-order valence-corrected chi connectivity index (χ4v) is 3.00. The van der Waals surface area contributed by atoms with Crippen molar-refractivity contribution in [3.05, 3.63) is 70.6 Å². The van der Waals surface area contributed by atoms with Crippen LogP contribution in [0.3, 0.4) is 0 Å². The highest BCUT2D eigenvalue weighted by Gasteiger charge is 2.30. The van der Waals surface area contributed by atoms with Gasteiger partial charge in [0.25, 0.3) is 0 Å². The van der Waals surface area contributed by atoms with Crippen LogP contribution in [-0.2, 0) is 16.3 Å². The molecule has 1 heterocycles. The summed E-state index contributed by atoms with van der Waals surface area (Å²) in [4.78, 5) is 10.8. The van der Waals surface area contributed by atoms with Crippen LogP contribution in [0.25, 0.3) is 11.0 Å². The molecule has 0 N–H and O–H groups in total. The van der Waals surface area contributed by atoms with Crippen LogP contribution >= 0.6 is 0 Å². The van der Waals surface area contributed by atoms with Gasteiger partial charge in [-0.15, -0.1) is 0 Å². The van der Waals surface area contributed by atoms with Crippen molar-refractivity contribution < 1.29 is 30.2 Å². The first-order valence-corrected chi connectivity index (χ1v) is 8.22. The van der Waals surface area contributed by atoms with Gasteiger partial charge in [0.2, 0.25) is 0 Å². The molecule has 0 aliphatic carbocycles. The molecule has 9 heteroatoms. The van der Waals surface area contributed by atoms with Crippen molar-refractivity contribution in [3.63, 3.8) is 0 Å². The Morgan fingerprint density at radius 1 is 0.920 bits per heavy atom. The largest absolute Gasteiger partial charge is 0.423 e. The minimum Gasteiger partial charge on any atom is -0.423 e. The van der Waals surface area contributed by atoms with Gasteiger partial charge in [-0.05, 0) is 42.5 Å². The van der Waals surface area contributed by atoms with Crippen molar-refractivity contribution in [2.75, 3.05) is 0 Å². The van der Waals surface area contributed by atoms with E-state index in [0.717, 1.165) is 12.1 Å². The van der Waals surface area contributed by atoms with E-state index in [9.17, 15) is 26.4 Å². The zero-order valence-corrected chi connectivity index (χ0v) is 13.1. The summed E-state index contributed by atoms with van der Waals surface area (Å²) in [6, 6.07) is 9.64. The zero-order chi connectivity index (χ0) is 18.2. The molecule has 0 atom stereocenters. The minimum atomic E-state index is -4.57. The van der Waals surface area contributed by atoms with Gasteiger partial charge in [-0.25, -0.2) is 4.79 Å². The molecule has 0 radical (unpaired) electrons. The van der Waals surface area contributed by atoms with E-state index in [0.29, 0.717) is 17.5 Å². The third-order valence-electron chi connectivity index (χ3n) is 3.27. The quantitative estimate of drug-likeness (QED) is 0.520. The van der Waals surface area contributed by atoms with Crippen molar-refractivity contribution in [2.24, 2.45) is 0 Å². The lowest BCUT2D eigenvalue weighted by atomic mass is 10.2. The first-order valence-electron chi connectivity index (χ1n) is 6.81. The summed E-state index contributed by atoms with van der Waals surface area (Å²) in [5.41, 5.74) is -1.47. The SMILES string of the molecule is O=c1ccc2ccc(OS(=O)(=O)c3ccc(C(F)(F)F)cc3)cc2o1. The van der Waals surface area contributed by atoms with E-state index in [1.54, 1.807) is 0 Å². The maximum absolute atomic E-state index is 12.5. The minimum absolute atomic E-state index is 0.118. The summed E-state index contributed by atoms with van der Waals surface area (Å²) in [7, 11) is -4.34. The van der Waals surface area contributed by atoms with Crippen molar-refractivity contribution in [1.29, 1.82) is 0 Å². The third-order valence-corrected chi connectivity index (χ3v) is 4.53. The Morgan fingerprint density at radius 3 is 2.20 bits per heavy atom. The topological polar surface area (TPSA) is 73.6 Å². The molecule has 0 saturated carbocycles. The van der Waals surface area contributed by atoms with Crippen LogP contribution in [0.4, 0.5) is 13.2 Å². The van der Waals surface area contributed by atoms with Crippen molar-refractivity contribution >= 4 is 21.1 Å². The number of halogens is 3. The molecule has 0 saturated heterocycles. The molecule has 0 bridgehead atoms. The molecule has 0 amide bonds. The van der Waals surface area contributed by atoms with E-state index in [1.165, 1.54) is 30.3 Å². The molecule has 0 aliphatic heterocycles. The lowest BCUT2D eigenvalue weighted by Gasteiger charge is -2.09. The van der Waals surface area contributed by atoms with E-state index in [4.69, 9.17) is 8.60 Å². The van der Waals surface area contributed by atoms with Crippen LogP contribution < -0.4 is 9.81 Å². The van der Waals surface area contributed by atoms with Crippen molar-refractivity contribution in [1.82, 2.24) is 0 Å². The third kappa shape index (κ3) is 3.66. The lowest BCUT2D eigenvalue weighted by molar-refractivity contribution is -0.137. The van der Waals surface area contributed by atoms with E-state index in [2.05, 4.69) is 0 Å². The number of hydrogen-bond acceptors (Lipinski definition) is 5. The fourth-order valence-electron chi connectivity index (χ4n) is 2.08. The highest BCUT2D eigenvalue weighted by molar-refractivity contribution is 7.87. The average molecular weight is 370 g/mol. The van der Waals surface area contributed by atoms with E-state index < -0.39 is 32.4 Å². The molecule has 1 aromatic heterocycles. The summed E-state index contributed by atoms with van der Waals surface area (Å²) in [5, 5.41) is 0.555. The molecule has 2 aromatic carbocycles. The van der Waals surface area contributed by atoms with Gasteiger partial charge in [0, 0.05) is 17.5 Å². The van der Waals surface area contributed by atoms with E-state index in [-0.39, 0.29) is 11.3 Å². The van der Waals surface area contributed by atoms with E-state index in [1.807, 2.05) is 0 Å². The number of fused-ring (bicyclic) bond motifs is 1. The van der Waals surface area contributed by atoms with Gasteiger partial charge >= 0.3 is 21.9 Å². The highest BCUT2D eigenvalue weighted by atomic mass is 32.2. The van der Waals surface area contributed by atoms with Crippen LogP contribution in [0.5, 0.6) is 5.75 Å². The summed E-state index contributed by atoms with van der Waals surface area (Å²) in [6.45, 7) is 0. The maximum atomic E-state index is 12.5. The standard InChI is InChI=1S/C16H9F3O5S/c17-16(18,19)11-3-6-13(7-4-11)25(21,22)24-12-5-1-10-2-8-15(20)23-14(10)9-12/h1-9H. The second-order valence-corrected chi connectivity index (χ2v) is 6.56. The Kier molecular flexibility index (Phi) is 4.03. The molecular formula is C16H9F3O5S. The number of rotatable bonds is 3. The van der Waals surface area contributed by atoms with Crippen molar-refractivity contribution in [2.45, 2.75) is 11.1 Å². The molecule has 3 aromatic rings. The fraction of sp³-hybridized carbons (Fsp3) is 0.0625. The normalized spacial score (nSPS) is 12.3. The lowest BCUT2D eigenvalue weighted by Crippen LogP contribution is -2.11. The Bertz CT molecular complexity index is 1080. The van der Waals surface area contributed by atoms with E-state index >= 15 is 0 Å². The molecule has 25 heavy (non-hydrogen) atoms. The first-order chi connectivity index (χ1) is 11.6. The number of alkyl halides is 3. The average Bonchev–Trinajstić information content (AvgIpc) is 2.53. The van der Waals surface area contributed by atoms with Crippen molar-refractivity contribution in [3.8, 4) is 5.75 Å². The van der Waals surface area contributed by atoms with Gasteiger partial charge in [-0.3, -0.25) is 0 Å². The predicted octanol–water partition coefficient (Wildman–Crippen LogP) is 3.58. The molecule has 3 rings (SSSR count). The van der Waals surface area contributed by atoms with Crippen LogP contribution in [0.15, 0.2) is 68.7 Å². The zero-order valence-electron chi connectivity index (χ0n) is 12.3. The summed E-state index contributed by atoms with van der Waals surface area (Å²) < 4.78 is 71.7. The first kappa shape index (κ1) is 17.0. The van der Waals surface area contributed by atoms with Gasteiger partial charge < -0.3 is 8.60 Å². The number of benzene rings is 2. The molecule has 0 aliphatic rings. The Balaban J connectivity index is 1.92. The summed E-state index contributed by atoms with van der Waals surface area (Å²) in [6.07, 6.45) is -4.57. The van der Waals surface area contributed by atoms with Crippen LogP contribution in [0, 0.1) is 0 Å². The summed E-state index contributed by atoms with van der Waals surface area (Å²) >= 11 is 0. The molecule has 0 fully saturated rings. The smallest absolute Gasteiger partial charge is 0.416 e. The number of hydrogen-bond donors (Lipinski definition) is 0. The molecule has 0 unspecified atom stereocenters. The van der Waals surface area contributed by atoms with Gasteiger partial charge in [-0.2, -0.15) is 21.6 Å². The van der Waals surface area contributed by atoms with Crippen LogP contribution in [0.1, 0.15) is 5.56 Å². The molecule has 0 spiro atoms. The Hall–Kier alpha value is -2.81. The highest BCUT2D eigenvalue weighted by Crippen LogP contribution is 2.30. The summed E-state index contributed by atoms with van der Waals surface area (Å²) in [5.74, 6) is -0.137. The maximum Gasteiger partial charge on any atom is 0.416 e. The monoisotopic (exact) mass is 370 g/mol. The molecule has 5 nitrogen and oxygen atoms in total. The Morgan fingerprint density at radius 2 is 1.56 bits per heavy atom.